The molecule has 2 aromatic rings. The summed E-state index contributed by atoms with van der Waals surface area (Å²) in [4.78, 5) is 0.175. The number of aromatic nitrogens is 2. The van der Waals surface area contributed by atoms with E-state index < -0.39 is 10.0 Å². The lowest BCUT2D eigenvalue weighted by Crippen LogP contribution is -2.29. The van der Waals surface area contributed by atoms with Crippen molar-refractivity contribution in [2.75, 3.05) is 7.05 Å². The van der Waals surface area contributed by atoms with E-state index in [-0.39, 0.29) is 10.9 Å². The van der Waals surface area contributed by atoms with Crippen molar-refractivity contribution in [2.45, 2.75) is 24.8 Å². The Morgan fingerprint density at radius 2 is 1.89 bits per heavy atom. The number of H-pyrrole nitrogens is 1. The zero-order valence-electron chi connectivity index (χ0n) is 11.2. The summed E-state index contributed by atoms with van der Waals surface area (Å²) in [6, 6.07) is 7.61. The number of rotatable bonds is 4. The fourth-order valence-corrected chi connectivity index (χ4v) is 3.07. The van der Waals surface area contributed by atoms with Crippen molar-refractivity contribution >= 4 is 10.0 Å². The molecular formula is C13H17N3O2S. The van der Waals surface area contributed by atoms with Gasteiger partial charge in [-0.3, -0.25) is 5.10 Å². The molecule has 0 aliphatic rings. The molecule has 0 spiro atoms. The molecule has 0 aliphatic carbocycles. The van der Waals surface area contributed by atoms with Crippen LogP contribution in [0.3, 0.4) is 0 Å². The monoisotopic (exact) mass is 279 g/mol. The lowest BCUT2D eigenvalue weighted by atomic mass is 10.1. The summed E-state index contributed by atoms with van der Waals surface area (Å²) in [7, 11) is -1.94. The summed E-state index contributed by atoms with van der Waals surface area (Å²) in [6.07, 6.45) is 2.70. The van der Waals surface area contributed by atoms with Gasteiger partial charge in [0, 0.05) is 19.3 Å². The lowest BCUT2D eigenvalue weighted by Gasteiger charge is -2.24. The third kappa shape index (κ3) is 2.69. The van der Waals surface area contributed by atoms with Gasteiger partial charge >= 0.3 is 0 Å². The Morgan fingerprint density at radius 1 is 1.26 bits per heavy atom. The molecule has 0 radical (unpaired) electrons. The maximum Gasteiger partial charge on any atom is 0.246 e. The average molecular weight is 279 g/mol. The molecule has 0 saturated heterocycles. The molecule has 19 heavy (non-hydrogen) atoms. The normalized spacial score (nSPS) is 13.7. The Kier molecular flexibility index (Phi) is 3.73. The molecule has 1 atom stereocenters. The van der Waals surface area contributed by atoms with Crippen LogP contribution in [0.25, 0.3) is 0 Å². The zero-order valence-corrected chi connectivity index (χ0v) is 12.0. The van der Waals surface area contributed by atoms with Gasteiger partial charge < -0.3 is 0 Å². The van der Waals surface area contributed by atoms with Crippen LogP contribution in [0.2, 0.25) is 0 Å². The molecular weight excluding hydrogens is 262 g/mol. The number of benzene rings is 1. The van der Waals surface area contributed by atoms with E-state index in [0.717, 1.165) is 11.1 Å². The molecule has 102 valence electrons. The molecule has 1 heterocycles. The molecule has 0 fully saturated rings. The Morgan fingerprint density at radius 3 is 2.42 bits per heavy atom. The van der Waals surface area contributed by atoms with Crippen molar-refractivity contribution < 1.29 is 8.42 Å². The second-order valence-electron chi connectivity index (χ2n) is 4.54. The number of aryl methyl sites for hydroxylation is 1. The van der Waals surface area contributed by atoms with Crippen molar-refractivity contribution in [3.05, 3.63) is 47.8 Å². The third-order valence-corrected chi connectivity index (χ3v) is 5.15. The quantitative estimate of drug-likeness (QED) is 0.932. The molecule has 0 aliphatic heterocycles. The molecule has 1 N–H and O–H groups in total. The highest BCUT2D eigenvalue weighted by Crippen LogP contribution is 2.25. The average Bonchev–Trinajstić information content (AvgIpc) is 2.92. The first-order valence-electron chi connectivity index (χ1n) is 5.96. The Bertz CT molecular complexity index is 633. The Labute approximate surface area is 113 Å². The van der Waals surface area contributed by atoms with Gasteiger partial charge in [0.1, 0.15) is 4.90 Å². The van der Waals surface area contributed by atoms with E-state index in [1.165, 1.54) is 16.7 Å². The van der Waals surface area contributed by atoms with Crippen LogP contribution in [-0.4, -0.2) is 30.0 Å². The number of hydrogen-bond donors (Lipinski definition) is 1. The summed E-state index contributed by atoms with van der Waals surface area (Å²) in [5.74, 6) is 0. The first-order chi connectivity index (χ1) is 8.93. The van der Waals surface area contributed by atoms with Gasteiger partial charge in [0.2, 0.25) is 10.0 Å². The van der Waals surface area contributed by atoms with E-state index in [2.05, 4.69) is 10.2 Å². The van der Waals surface area contributed by atoms with Gasteiger partial charge in [0.25, 0.3) is 0 Å². The second-order valence-corrected chi connectivity index (χ2v) is 6.54. The molecule has 2 rings (SSSR count). The van der Waals surface area contributed by atoms with Crippen LogP contribution in [0.5, 0.6) is 0 Å². The molecule has 5 nitrogen and oxygen atoms in total. The third-order valence-electron chi connectivity index (χ3n) is 3.26. The van der Waals surface area contributed by atoms with Crippen LogP contribution in [0.15, 0.2) is 41.6 Å². The van der Waals surface area contributed by atoms with Crippen LogP contribution < -0.4 is 0 Å². The van der Waals surface area contributed by atoms with Gasteiger partial charge in [-0.05, 0) is 19.4 Å². The summed E-state index contributed by atoms with van der Waals surface area (Å²) >= 11 is 0. The summed E-state index contributed by atoms with van der Waals surface area (Å²) in [5.41, 5.74) is 2.11. The summed E-state index contributed by atoms with van der Waals surface area (Å²) < 4.78 is 26.0. The number of nitrogens with zero attached hydrogens (tertiary/aromatic N) is 2. The van der Waals surface area contributed by atoms with Crippen LogP contribution in [0.1, 0.15) is 24.1 Å². The molecule has 0 bridgehead atoms. The van der Waals surface area contributed by atoms with Crippen molar-refractivity contribution in [2.24, 2.45) is 0 Å². The van der Waals surface area contributed by atoms with Gasteiger partial charge in [0.05, 0.1) is 6.20 Å². The number of hydrogen-bond acceptors (Lipinski definition) is 3. The highest BCUT2D eigenvalue weighted by molar-refractivity contribution is 7.89. The summed E-state index contributed by atoms with van der Waals surface area (Å²) in [6.45, 7) is 3.86. The maximum atomic E-state index is 12.3. The van der Waals surface area contributed by atoms with Crippen molar-refractivity contribution in [3.63, 3.8) is 0 Å². The first kappa shape index (κ1) is 13.8. The van der Waals surface area contributed by atoms with E-state index in [1.807, 2.05) is 38.1 Å². The van der Waals surface area contributed by atoms with E-state index in [0.29, 0.717) is 0 Å². The van der Waals surface area contributed by atoms with Gasteiger partial charge in [-0.25, -0.2) is 8.42 Å². The van der Waals surface area contributed by atoms with Gasteiger partial charge in [-0.2, -0.15) is 9.40 Å². The van der Waals surface area contributed by atoms with Crippen LogP contribution >= 0.6 is 0 Å². The summed E-state index contributed by atoms with van der Waals surface area (Å²) in [5, 5.41) is 6.20. The fraction of sp³-hybridized carbons (Fsp3) is 0.308. The molecule has 1 aromatic heterocycles. The Hall–Kier alpha value is -1.66. The topological polar surface area (TPSA) is 66.1 Å². The highest BCUT2D eigenvalue weighted by Gasteiger charge is 2.26. The zero-order chi connectivity index (χ0) is 14.0. The minimum absolute atomic E-state index is 0.175. The molecule has 1 unspecified atom stereocenters. The SMILES string of the molecule is Cc1ccc(C(C)N(C)S(=O)(=O)c2cn[nH]c2)cc1. The van der Waals surface area contributed by atoms with E-state index in [9.17, 15) is 8.42 Å². The second kappa shape index (κ2) is 5.14. The van der Waals surface area contributed by atoms with Crippen molar-refractivity contribution in [1.29, 1.82) is 0 Å². The largest absolute Gasteiger partial charge is 0.284 e. The lowest BCUT2D eigenvalue weighted by molar-refractivity contribution is 0.398. The molecule has 1 aromatic carbocycles. The highest BCUT2D eigenvalue weighted by atomic mass is 32.2. The van der Waals surface area contributed by atoms with E-state index in [1.54, 1.807) is 7.05 Å². The molecule has 0 amide bonds. The molecule has 0 saturated carbocycles. The van der Waals surface area contributed by atoms with Gasteiger partial charge in [0.15, 0.2) is 0 Å². The first-order valence-corrected chi connectivity index (χ1v) is 7.40. The number of sulfonamides is 1. The van der Waals surface area contributed by atoms with E-state index >= 15 is 0 Å². The number of aromatic amines is 1. The predicted molar refractivity (Wildman–Crippen MR) is 73.1 cm³/mol. The van der Waals surface area contributed by atoms with Gasteiger partial charge in [-0.15, -0.1) is 0 Å². The maximum absolute atomic E-state index is 12.3. The Balaban J connectivity index is 2.29. The van der Waals surface area contributed by atoms with E-state index in [4.69, 9.17) is 0 Å². The van der Waals surface area contributed by atoms with Crippen LogP contribution in [-0.2, 0) is 10.0 Å². The van der Waals surface area contributed by atoms with Crippen LogP contribution in [0, 0.1) is 6.92 Å². The number of nitrogens with one attached hydrogen (secondary N) is 1. The smallest absolute Gasteiger partial charge is 0.246 e. The van der Waals surface area contributed by atoms with Gasteiger partial charge in [-0.1, -0.05) is 29.8 Å². The van der Waals surface area contributed by atoms with Crippen molar-refractivity contribution in [1.82, 2.24) is 14.5 Å². The standard InChI is InChI=1S/C13H17N3O2S/c1-10-4-6-12(7-5-10)11(2)16(3)19(17,18)13-8-14-15-9-13/h4-9,11H,1-3H3,(H,14,15). The van der Waals surface area contributed by atoms with Crippen molar-refractivity contribution in [3.8, 4) is 0 Å². The van der Waals surface area contributed by atoms with Crippen LogP contribution in [0.4, 0.5) is 0 Å². The minimum Gasteiger partial charge on any atom is -0.284 e. The minimum atomic E-state index is -3.51. The fourth-order valence-electron chi connectivity index (χ4n) is 1.81. The predicted octanol–water partition coefficient (Wildman–Crippen LogP) is 2.10. The molecule has 6 heteroatoms.